The molecule has 0 unspecified atom stereocenters. The third kappa shape index (κ3) is 5.28. The number of esters is 1. The van der Waals surface area contributed by atoms with Gasteiger partial charge >= 0.3 is 5.97 Å². The molecular weight excluding hydrogens is 478 g/mol. The summed E-state index contributed by atoms with van der Waals surface area (Å²) in [7, 11) is 0. The van der Waals surface area contributed by atoms with Gasteiger partial charge in [0.25, 0.3) is 11.6 Å². The van der Waals surface area contributed by atoms with E-state index in [2.05, 4.69) is 21.2 Å². The molecule has 0 spiro atoms. The van der Waals surface area contributed by atoms with E-state index in [9.17, 15) is 28.5 Å². The van der Waals surface area contributed by atoms with Crippen LogP contribution in [0.5, 0.6) is 0 Å². The number of nitro benzene ring substituents is 1. The molecule has 1 N–H and O–H groups in total. The summed E-state index contributed by atoms with van der Waals surface area (Å²) in [6.07, 6.45) is -1.47. The quantitative estimate of drug-likeness (QED) is 0.292. The predicted molar refractivity (Wildman–Crippen MR) is 110 cm³/mol. The first-order chi connectivity index (χ1) is 14.8. The number of carbonyl (C=O) groups excluding carboxylic acids is 2. The van der Waals surface area contributed by atoms with Crippen LogP contribution >= 0.6 is 15.9 Å². The fourth-order valence-electron chi connectivity index (χ4n) is 2.64. The van der Waals surface area contributed by atoms with Crippen molar-refractivity contribution in [1.82, 2.24) is 0 Å². The van der Waals surface area contributed by atoms with Gasteiger partial charge in [-0.1, -0.05) is 30.3 Å². The highest BCUT2D eigenvalue weighted by Gasteiger charge is 2.27. The Morgan fingerprint density at radius 2 is 1.74 bits per heavy atom. The first kappa shape index (κ1) is 22.0. The Morgan fingerprint density at radius 3 is 2.35 bits per heavy atom. The minimum atomic E-state index is -1.47. The molecule has 158 valence electrons. The predicted octanol–water partition coefficient (Wildman–Crippen LogP) is 5.17. The minimum absolute atomic E-state index is 0.192. The summed E-state index contributed by atoms with van der Waals surface area (Å²) in [4.78, 5) is 35.6. The normalized spacial score (nSPS) is 11.5. The molecule has 3 aromatic carbocycles. The summed E-state index contributed by atoms with van der Waals surface area (Å²) in [5.41, 5.74) is -0.233. The lowest BCUT2D eigenvalue weighted by Crippen LogP contribution is -2.26. The maximum absolute atomic E-state index is 14.0. The van der Waals surface area contributed by atoms with Crippen molar-refractivity contribution in [3.05, 3.63) is 104 Å². The minimum Gasteiger partial charge on any atom is -0.444 e. The van der Waals surface area contributed by atoms with Crippen LogP contribution in [0.25, 0.3) is 0 Å². The molecule has 3 rings (SSSR count). The molecule has 0 heterocycles. The molecule has 0 aliphatic carbocycles. The second-order valence-electron chi connectivity index (χ2n) is 6.23. The van der Waals surface area contributed by atoms with Crippen molar-refractivity contribution in [3.8, 4) is 0 Å². The number of halogens is 3. The molecule has 1 atom stereocenters. The van der Waals surface area contributed by atoms with Gasteiger partial charge in [-0.2, -0.15) is 0 Å². The molecule has 1 amide bonds. The third-order valence-corrected chi connectivity index (χ3v) is 4.79. The van der Waals surface area contributed by atoms with Gasteiger partial charge in [0.15, 0.2) is 0 Å². The van der Waals surface area contributed by atoms with Gasteiger partial charge in [-0.05, 0) is 34.1 Å². The van der Waals surface area contributed by atoms with Gasteiger partial charge in [0.1, 0.15) is 11.6 Å². The van der Waals surface area contributed by atoms with Crippen LogP contribution in [0.1, 0.15) is 22.0 Å². The Morgan fingerprint density at radius 1 is 1.03 bits per heavy atom. The van der Waals surface area contributed by atoms with E-state index in [0.717, 1.165) is 12.1 Å². The van der Waals surface area contributed by atoms with Crippen LogP contribution in [0.4, 0.5) is 20.2 Å². The topological polar surface area (TPSA) is 98.5 Å². The number of carbonyl (C=O) groups is 2. The zero-order valence-corrected chi connectivity index (χ0v) is 17.1. The van der Waals surface area contributed by atoms with Gasteiger partial charge in [0, 0.05) is 28.2 Å². The molecule has 10 heteroatoms. The number of ether oxygens (including phenoxy) is 1. The van der Waals surface area contributed by atoms with E-state index in [1.807, 2.05) is 0 Å². The van der Waals surface area contributed by atoms with Crippen molar-refractivity contribution in [2.45, 2.75) is 6.10 Å². The lowest BCUT2D eigenvalue weighted by Gasteiger charge is -2.19. The van der Waals surface area contributed by atoms with Crippen LogP contribution in [-0.2, 0) is 9.53 Å². The first-order valence-electron chi connectivity index (χ1n) is 8.72. The summed E-state index contributed by atoms with van der Waals surface area (Å²) in [5.74, 6) is -3.94. The van der Waals surface area contributed by atoms with Gasteiger partial charge < -0.3 is 10.1 Å². The zero-order valence-electron chi connectivity index (χ0n) is 15.6. The Bertz CT molecular complexity index is 1160. The van der Waals surface area contributed by atoms with Crippen molar-refractivity contribution < 1.29 is 28.0 Å². The lowest BCUT2D eigenvalue weighted by molar-refractivity contribution is -0.384. The molecular formula is C21H13BrF2N2O5. The number of nitrogens with one attached hydrogen (secondary N) is 1. The van der Waals surface area contributed by atoms with E-state index < -0.39 is 40.1 Å². The Kier molecular flexibility index (Phi) is 6.71. The molecule has 3 aromatic rings. The molecule has 0 bridgehead atoms. The standard InChI is InChI=1S/C21H13BrF2N2O5/c22-16-11-14(26(29)30)7-9-18(16)25-20(27)19(12-4-2-1-3-5-12)31-21(28)15-8-6-13(23)10-17(15)24/h1-11,19H,(H,25,27)/t19-/m0/s1. The molecule has 0 fully saturated rings. The highest BCUT2D eigenvalue weighted by Crippen LogP contribution is 2.29. The van der Waals surface area contributed by atoms with Gasteiger partial charge in [0.05, 0.1) is 16.2 Å². The fourth-order valence-corrected chi connectivity index (χ4v) is 3.11. The SMILES string of the molecule is O=C(O[C@H](C(=O)Nc1ccc([N+](=O)[O-])cc1Br)c1ccccc1)c1ccc(F)cc1F. The summed E-state index contributed by atoms with van der Waals surface area (Å²) in [6, 6.07) is 14.0. The average molecular weight is 491 g/mol. The van der Waals surface area contributed by atoms with Gasteiger partial charge in [0.2, 0.25) is 6.10 Å². The fraction of sp³-hybridized carbons (Fsp3) is 0.0476. The number of benzene rings is 3. The summed E-state index contributed by atoms with van der Waals surface area (Å²) >= 11 is 3.14. The largest absolute Gasteiger partial charge is 0.444 e. The van der Waals surface area contributed by atoms with Gasteiger partial charge in [-0.25, -0.2) is 13.6 Å². The van der Waals surface area contributed by atoms with Crippen LogP contribution in [0.3, 0.4) is 0 Å². The molecule has 0 aromatic heterocycles. The second kappa shape index (κ2) is 9.43. The van der Waals surface area contributed by atoms with Crippen LogP contribution in [0, 0.1) is 21.7 Å². The molecule has 0 saturated carbocycles. The van der Waals surface area contributed by atoms with Crippen molar-refractivity contribution in [1.29, 1.82) is 0 Å². The molecule has 0 radical (unpaired) electrons. The van der Waals surface area contributed by atoms with E-state index in [0.29, 0.717) is 11.6 Å². The van der Waals surface area contributed by atoms with Crippen LogP contribution in [0.2, 0.25) is 0 Å². The number of amides is 1. The Hall–Kier alpha value is -3.66. The van der Waals surface area contributed by atoms with Crippen molar-refractivity contribution in [2.75, 3.05) is 5.32 Å². The maximum Gasteiger partial charge on any atom is 0.342 e. The van der Waals surface area contributed by atoms with E-state index in [1.54, 1.807) is 18.2 Å². The van der Waals surface area contributed by atoms with Crippen molar-refractivity contribution in [3.63, 3.8) is 0 Å². The monoisotopic (exact) mass is 490 g/mol. The van der Waals surface area contributed by atoms with E-state index >= 15 is 0 Å². The van der Waals surface area contributed by atoms with Crippen molar-refractivity contribution in [2.24, 2.45) is 0 Å². The van der Waals surface area contributed by atoms with Crippen LogP contribution in [0.15, 0.2) is 71.2 Å². The number of hydrogen-bond donors (Lipinski definition) is 1. The van der Waals surface area contributed by atoms with Crippen LogP contribution in [-0.4, -0.2) is 16.8 Å². The van der Waals surface area contributed by atoms with Crippen molar-refractivity contribution >= 4 is 39.2 Å². The number of rotatable bonds is 6. The summed E-state index contributed by atoms with van der Waals surface area (Å²) in [6.45, 7) is 0. The van der Waals surface area contributed by atoms with Crippen LogP contribution < -0.4 is 5.32 Å². The Labute approximate surface area is 182 Å². The highest BCUT2D eigenvalue weighted by atomic mass is 79.9. The number of nitro groups is 1. The Balaban J connectivity index is 1.88. The summed E-state index contributed by atoms with van der Waals surface area (Å²) in [5, 5.41) is 13.4. The second-order valence-corrected chi connectivity index (χ2v) is 7.09. The molecule has 0 aliphatic rings. The number of nitrogens with zero attached hydrogens (tertiary/aromatic N) is 1. The summed E-state index contributed by atoms with van der Waals surface area (Å²) < 4.78 is 32.6. The number of anilines is 1. The lowest BCUT2D eigenvalue weighted by atomic mass is 10.1. The van der Waals surface area contributed by atoms with Gasteiger partial charge in [-0.3, -0.25) is 14.9 Å². The number of hydrogen-bond acceptors (Lipinski definition) is 5. The molecule has 7 nitrogen and oxygen atoms in total. The third-order valence-electron chi connectivity index (χ3n) is 4.14. The molecule has 0 saturated heterocycles. The smallest absolute Gasteiger partial charge is 0.342 e. The van der Waals surface area contributed by atoms with E-state index in [4.69, 9.17) is 4.74 Å². The highest BCUT2D eigenvalue weighted by molar-refractivity contribution is 9.10. The zero-order chi connectivity index (χ0) is 22.5. The first-order valence-corrected chi connectivity index (χ1v) is 9.51. The van der Waals surface area contributed by atoms with E-state index in [-0.39, 0.29) is 15.8 Å². The maximum atomic E-state index is 14.0. The average Bonchev–Trinajstić information content (AvgIpc) is 2.73. The molecule has 0 aliphatic heterocycles. The van der Waals surface area contributed by atoms with E-state index in [1.165, 1.54) is 30.3 Å². The number of non-ortho nitro benzene ring substituents is 1. The van der Waals surface area contributed by atoms with Gasteiger partial charge in [-0.15, -0.1) is 0 Å². The molecule has 31 heavy (non-hydrogen) atoms.